The molecule has 0 bridgehead atoms. The van der Waals surface area contributed by atoms with E-state index in [1.165, 1.54) is 0 Å². The number of carbonyl (C=O) groups is 3. The molecule has 1 fully saturated rings. The Morgan fingerprint density at radius 3 is 2.71 bits per heavy atom. The van der Waals surface area contributed by atoms with Crippen LogP contribution in [0.15, 0.2) is 24.3 Å². The Kier molecular flexibility index (Phi) is 4.24. The maximum atomic E-state index is 11.7. The highest BCUT2D eigenvalue weighted by molar-refractivity contribution is 5.96. The zero-order chi connectivity index (χ0) is 15.4. The van der Waals surface area contributed by atoms with Crippen molar-refractivity contribution < 1.29 is 19.5 Å². The first kappa shape index (κ1) is 14.6. The highest BCUT2D eigenvalue weighted by Gasteiger charge is 2.48. The number of anilines is 1. The molecular weight excluding hydrogens is 272 g/mol. The summed E-state index contributed by atoms with van der Waals surface area (Å²) in [6, 6.07) is 6.77. The lowest BCUT2D eigenvalue weighted by Crippen LogP contribution is -2.34. The first-order valence-electron chi connectivity index (χ1n) is 6.38. The number of rotatable bonds is 5. The van der Waals surface area contributed by atoms with Crippen LogP contribution in [0.2, 0.25) is 0 Å². The molecule has 1 saturated carbocycles. The Balaban J connectivity index is 1.79. The lowest BCUT2D eigenvalue weighted by atomic mass is 10.2. The summed E-state index contributed by atoms with van der Waals surface area (Å²) in [5, 5.41) is 13.7. The van der Waals surface area contributed by atoms with Gasteiger partial charge >= 0.3 is 5.97 Å². The average molecular weight is 286 g/mol. The van der Waals surface area contributed by atoms with Gasteiger partial charge in [-0.15, -0.1) is 6.42 Å². The van der Waals surface area contributed by atoms with Gasteiger partial charge in [-0.25, -0.2) is 0 Å². The van der Waals surface area contributed by atoms with E-state index in [0.717, 1.165) is 0 Å². The van der Waals surface area contributed by atoms with Gasteiger partial charge in [0.1, 0.15) is 0 Å². The van der Waals surface area contributed by atoms with E-state index in [1.54, 1.807) is 24.3 Å². The predicted molar refractivity (Wildman–Crippen MR) is 75.2 cm³/mol. The summed E-state index contributed by atoms with van der Waals surface area (Å²) in [5.74, 6) is -0.486. The van der Waals surface area contributed by atoms with E-state index in [1.807, 2.05) is 0 Å². The molecule has 2 atom stereocenters. The smallest absolute Gasteiger partial charge is 0.307 e. The quantitative estimate of drug-likeness (QED) is 0.685. The minimum atomic E-state index is -0.981. The molecular formula is C15H14N2O4. The molecule has 0 saturated heterocycles. The minimum Gasteiger partial charge on any atom is -0.481 e. The molecule has 0 aliphatic heterocycles. The second-order valence-corrected chi connectivity index (χ2v) is 4.78. The number of hydrogen-bond donors (Lipinski definition) is 3. The van der Waals surface area contributed by atoms with Crippen molar-refractivity contribution in [2.75, 3.05) is 11.9 Å². The van der Waals surface area contributed by atoms with Crippen LogP contribution in [-0.2, 0) is 14.4 Å². The van der Waals surface area contributed by atoms with E-state index in [0.29, 0.717) is 17.7 Å². The molecule has 0 aromatic heterocycles. The molecule has 0 radical (unpaired) electrons. The molecule has 1 aliphatic rings. The van der Waals surface area contributed by atoms with Gasteiger partial charge in [0.2, 0.25) is 11.8 Å². The molecule has 2 rings (SSSR count). The van der Waals surface area contributed by atoms with E-state index >= 15 is 0 Å². The van der Waals surface area contributed by atoms with E-state index in [4.69, 9.17) is 11.5 Å². The van der Waals surface area contributed by atoms with Crippen molar-refractivity contribution in [2.24, 2.45) is 11.8 Å². The van der Waals surface area contributed by atoms with Crippen molar-refractivity contribution in [3.63, 3.8) is 0 Å². The minimum absolute atomic E-state index is 0.206. The molecule has 1 aromatic rings. The zero-order valence-corrected chi connectivity index (χ0v) is 11.1. The number of amides is 2. The number of benzene rings is 1. The SMILES string of the molecule is C#Cc1cccc(NC(=O)CNC(=O)C2CC2C(=O)O)c1. The lowest BCUT2D eigenvalue weighted by Gasteiger charge is -2.07. The topological polar surface area (TPSA) is 95.5 Å². The van der Waals surface area contributed by atoms with Gasteiger partial charge in [0.25, 0.3) is 0 Å². The number of carboxylic acids is 1. The predicted octanol–water partition coefficient (Wildman–Crippen LogP) is 0.443. The standard InChI is InChI=1S/C15H14N2O4/c1-2-9-4-3-5-10(6-9)17-13(18)8-16-14(19)11-7-12(11)15(20)21/h1,3-6,11-12H,7-8H2,(H,16,19)(H,17,18)(H,20,21). The number of aliphatic carboxylic acids is 1. The van der Waals surface area contributed by atoms with Crippen molar-refractivity contribution in [1.82, 2.24) is 5.32 Å². The van der Waals surface area contributed by atoms with Crippen LogP contribution >= 0.6 is 0 Å². The normalized spacial score (nSPS) is 19.2. The van der Waals surface area contributed by atoms with Gasteiger partial charge in [-0.1, -0.05) is 12.0 Å². The van der Waals surface area contributed by atoms with Crippen LogP contribution in [-0.4, -0.2) is 29.4 Å². The molecule has 2 amide bonds. The van der Waals surface area contributed by atoms with Crippen molar-refractivity contribution >= 4 is 23.5 Å². The molecule has 1 aromatic carbocycles. The first-order chi connectivity index (χ1) is 10.0. The second-order valence-electron chi connectivity index (χ2n) is 4.78. The van der Waals surface area contributed by atoms with Crippen LogP contribution < -0.4 is 10.6 Å². The third kappa shape index (κ3) is 3.83. The molecule has 1 aliphatic carbocycles. The van der Waals surface area contributed by atoms with E-state index < -0.39 is 29.6 Å². The van der Waals surface area contributed by atoms with Gasteiger partial charge < -0.3 is 15.7 Å². The van der Waals surface area contributed by atoms with Crippen LogP contribution in [0.25, 0.3) is 0 Å². The first-order valence-corrected chi connectivity index (χ1v) is 6.38. The third-order valence-electron chi connectivity index (χ3n) is 3.18. The van der Waals surface area contributed by atoms with Crippen LogP contribution in [0.4, 0.5) is 5.69 Å². The van der Waals surface area contributed by atoms with E-state index in [-0.39, 0.29) is 6.54 Å². The molecule has 0 spiro atoms. The van der Waals surface area contributed by atoms with Gasteiger partial charge in [0.05, 0.1) is 18.4 Å². The monoisotopic (exact) mass is 286 g/mol. The van der Waals surface area contributed by atoms with E-state index in [9.17, 15) is 14.4 Å². The third-order valence-corrected chi connectivity index (χ3v) is 3.18. The molecule has 6 heteroatoms. The molecule has 21 heavy (non-hydrogen) atoms. The van der Waals surface area contributed by atoms with E-state index in [2.05, 4.69) is 16.6 Å². The molecule has 3 N–H and O–H groups in total. The fraction of sp³-hybridized carbons (Fsp3) is 0.267. The number of hydrogen-bond acceptors (Lipinski definition) is 3. The van der Waals surface area contributed by atoms with Crippen molar-refractivity contribution in [3.05, 3.63) is 29.8 Å². The highest BCUT2D eigenvalue weighted by Crippen LogP contribution is 2.38. The zero-order valence-electron chi connectivity index (χ0n) is 11.1. The largest absolute Gasteiger partial charge is 0.481 e. The number of terminal acetylenes is 1. The molecule has 0 heterocycles. The number of carbonyl (C=O) groups excluding carboxylic acids is 2. The maximum absolute atomic E-state index is 11.7. The van der Waals surface area contributed by atoms with Crippen molar-refractivity contribution in [3.8, 4) is 12.3 Å². The second kappa shape index (κ2) is 6.09. The highest BCUT2D eigenvalue weighted by atomic mass is 16.4. The fourth-order valence-electron chi connectivity index (χ4n) is 1.95. The Bertz CT molecular complexity index is 633. The van der Waals surface area contributed by atoms with Crippen LogP contribution in [0.3, 0.4) is 0 Å². The van der Waals surface area contributed by atoms with Gasteiger partial charge in [0, 0.05) is 11.3 Å². The summed E-state index contributed by atoms with van der Waals surface area (Å²) in [6.07, 6.45) is 5.58. The summed E-state index contributed by atoms with van der Waals surface area (Å²) < 4.78 is 0. The van der Waals surface area contributed by atoms with Gasteiger partial charge in [-0.2, -0.15) is 0 Å². The Morgan fingerprint density at radius 2 is 2.10 bits per heavy atom. The van der Waals surface area contributed by atoms with Gasteiger partial charge in [-0.05, 0) is 24.6 Å². The van der Waals surface area contributed by atoms with Crippen molar-refractivity contribution in [2.45, 2.75) is 6.42 Å². The average Bonchev–Trinajstić information content (AvgIpc) is 3.25. The molecule has 108 valence electrons. The van der Waals surface area contributed by atoms with Gasteiger partial charge in [0.15, 0.2) is 0 Å². The molecule has 2 unspecified atom stereocenters. The van der Waals surface area contributed by atoms with Crippen LogP contribution in [0.5, 0.6) is 0 Å². The lowest BCUT2D eigenvalue weighted by molar-refractivity contribution is -0.140. The fourth-order valence-corrected chi connectivity index (χ4v) is 1.95. The number of nitrogens with one attached hydrogen (secondary N) is 2. The molecule has 6 nitrogen and oxygen atoms in total. The maximum Gasteiger partial charge on any atom is 0.307 e. The summed E-state index contributed by atoms with van der Waals surface area (Å²) in [6.45, 7) is -0.206. The van der Waals surface area contributed by atoms with Gasteiger partial charge in [-0.3, -0.25) is 14.4 Å². The summed E-state index contributed by atoms with van der Waals surface area (Å²) in [5.41, 5.74) is 1.18. The Labute approximate surface area is 121 Å². The summed E-state index contributed by atoms with van der Waals surface area (Å²) >= 11 is 0. The summed E-state index contributed by atoms with van der Waals surface area (Å²) in [7, 11) is 0. The van der Waals surface area contributed by atoms with Crippen LogP contribution in [0.1, 0.15) is 12.0 Å². The van der Waals surface area contributed by atoms with Crippen molar-refractivity contribution in [1.29, 1.82) is 0 Å². The summed E-state index contributed by atoms with van der Waals surface area (Å²) in [4.78, 5) is 33.9. The Morgan fingerprint density at radius 1 is 1.33 bits per heavy atom. The number of carboxylic acid groups (broad SMARTS) is 1. The van der Waals surface area contributed by atoms with Crippen LogP contribution in [0, 0.1) is 24.2 Å². The Hall–Kier alpha value is -2.81.